The predicted octanol–water partition coefficient (Wildman–Crippen LogP) is 2.89. The smallest absolute Gasteiger partial charge is 0.276 e. The van der Waals surface area contributed by atoms with Gasteiger partial charge in [-0.25, -0.2) is 9.50 Å². The molecule has 3 aromatic rings. The van der Waals surface area contributed by atoms with Crippen molar-refractivity contribution in [2.24, 2.45) is 0 Å². The Morgan fingerprint density at radius 3 is 2.96 bits per heavy atom. The second kappa shape index (κ2) is 7.19. The zero-order valence-corrected chi connectivity index (χ0v) is 16.2. The van der Waals surface area contributed by atoms with Crippen LogP contribution >= 0.6 is 0 Å². The molecule has 6 heteroatoms. The Kier molecular flexibility index (Phi) is 4.74. The number of likely N-dealkylation sites (tertiary alicyclic amines) is 1. The quantitative estimate of drug-likeness (QED) is 0.754. The van der Waals surface area contributed by atoms with Gasteiger partial charge in [-0.2, -0.15) is 0 Å². The molecule has 2 aromatic heterocycles. The van der Waals surface area contributed by atoms with Crippen molar-refractivity contribution in [2.45, 2.75) is 39.2 Å². The van der Waals surface area contributed by atoms with E-state index < -0.39 is 0 Å². The number of rotatable bonds is 5. The Labute approximate surface area is 158 Å². The van der Waals surface area contributed by atoms with E-state index in [9.17, 15) is 4.79 Å². The number of aryl methyl sites for hydroxylation is 1. The Morgan fingerprint density at radius 2 is 2.19 bits per heavy atom. The van der Waals surface area contributed by atoms with Crippen LogP contribution in [0.25, 0.3) is 5.65 Å². The molecular weight excluding hydrogens is 340 g/mol. The van der Waals surface area contributed by atoms with Crippen LogP contribution in [0.1, 0.15) is 41.8 Å². The van der Waals surface area contributed by atoms with Crippen molar-refractivity contribution in [2.75, 3.05) is 20.2 Å². The summed E-state index contributed by atoms with van der Waals surface area (Å²) in [6.07, 6.45) is 1.78. The summed E-state index contributed by atoms with van der Waals surface area (Å²) in [7, 11) is 1.70. The Hall–Kier alpha value is -2.60. The van der Waals surface area contributed by atoms with Gasteiger partial charge < -0.3 is 4.74 Å². The van der Waals surface area contributed by atoms with Crippen molar-refractivity contribution in [1.82, 2.24) is 19.5 Å². The average molecular weight is 366 g/mol. The second-order valence-electron chi connectivity index (χ2n) is 7.31. The third kappa shape index (κ3) is 3.37. The van der Waals surface area contributed by atoms with Crippen molar-refractivity contribution in [3.05, 3.63) is 63.2 Å². The number of methoxy groups -OCH3 is 1. The molecule has 142 valence electrons. The number of H-pyrrole nitrogens is 1. The predicted molar refractivity (Wildman–Crippen MR) is 106 cm³/mol. The number of hydrogen-bond donors (Lipinski definition) is 1. The molecule has 1 aliphatic heterocycles. The van der Waals surface area contributed by atoms with Crippen LogP contribution in [0, 0.1) is 6.92 Å². The minimum Gasteiger partial charge on any atom is -0.497 e. The molecule has 0 spiro atoms. The summed E-state index contributed by atoms with van der Waals surface area (Å²) in [6.45, 7) is 6.83. The summed E-state index contributed by atoms with van der Waals surface area (Å²) in [4.78, 5) is 19.7. The summed E-state index contributed by atoms with van der Waals surface area (Å²) >= 11 is 0. The lowest BCUT2D eigenvalue weighted by Crippen LogP contribution is -2.21. The van der Waals surface area contributed by atoms with E-state index in [0.717, 1.165) is 54.4 Å². The molecule has 1 N–H and O–H groups in total. The standard InChI is InChI=1S/C21H26N4O2/c1-4-18-14(2)22-20-11-19(23-25(20)21(18)26)16-8-9-24(13-16)12-15-6-5-7-17(10-15)27-3/h5-7,10-11,16,23H,4,8-9,12-13H2,1-3H3/t16-/m0/s1. The lowest BCUT2D eigenvalue weighted by atomic mass is 10.1. The fraction of sp³-hybridized carbons (Fsp3) is 0.429. The monoisotopic (exact) mass is 366 g/mol. The van der Waals surface area contributed by atoms with E-state index in [-0.39, 0.29) is 5.56 Å². The number of benzene rings is 1. The molecule has 4 rings (SSSR count). The molecule has 1 aliphatic rings. The molecule has 1 saturated heterocycles. The van der Waals surface area contributed by atoms with Gasteiger partial charge in [-0.05, 0) is 44.0 Å². The van der Waals surface area contributed by atoms with Crippen LogP contribution in [-0.4, -0.2) is 39.7 Å². The van der Waals surface area contributed by atoms with E-state index in [1.807, 2.05) is 32.0 Å². The Bertz CT molecular complexity index is 1020. The number of ether oxygens (including phenoxy) is 1. The first-order valence-corrected chi connectivity index (χ1v) is 9.55. The van der Waals surface area contributed by atoms with Crippen molar-refractivity contribution >= 4 is 5.65 Å². The van der Waals surface area contributed by atoms with Gasteiger partial charge in [-0.1, -0.05) is 19.1 Å². The fourth-order valence-corrected chi connectivity index (χ4v) is 4.06. The van der Waals surface area contributed by atoms with Crippen LogP contribution in [0.4, 0.5) is 0 Å². The molecule has 0 unspecified atom stereocenters. The average Bonchev–Trinajstić information content (AvgIpc) is 3.29. The van der Waals surface area contributed by atoms with Crippen LogP contribution in [0.15, 0.2) is 35.1 Å². The van der Waals surface area contributed by atoms with E-state index in [1.54, 1.807) is 11.6 Å². The second-order valence-corrected chi connectivity index (χ2v) is 7.31. The van der Waals surface area contributed by atoms with Crippen molar-refractivity contribution in [3.8, 4) is 5.75 Å². The third-order valence-electron chi connectivity index (χ3n) is 5.54. The fourth-order valence-electron chi connectivity index (χ4n) is 4.06. The van der Waals surface area contributed by atoms with Crippen molar-refractivity contribution in [1.29, 1.82) is 0 Å². The largest absolute Gasteiger partial charge is 0.497 e. The number of aromatic amines is 1. The lowest BCUT2D eigenvalue weighted by molar-refractivity contribution is 0.325. The van der Waals surface area contributed by atoms with Gasteiger partial charge >= 0.3 is 0 Å². The zero-order valence-electron chi connectivity index (χ0n) is 16.2. The topological polar surface area (TPSA) is 62.6 Å². The molecule has 0 radical (unpaired) electrons. The maximum Gasteiger partial charge on any atom is 0.276 e. The molecule has 1 atom stereocenters. The molecule has 0 saturated carbocycles. The normalized spacial score (nSPS) is 17.7. The zero-order chi connectivity index (χ0) is 19.0. The number of hydrogen-bond acceptors (Lipinski definition) is 4. The molecular formula is C21H26N4O2. The first-order chi connectivity index (χ1) is 13.1. The highest BCUT2D eigenvalue weighted by Gasteiger charge is 2.26. The molecule has 1 fully saturated rings. The highest BCUT2D eigenvalue weighted by Crippen LogP contribution is 2.28. The van der Waals surface area contributed by atoms with Gasteiger partial charge in [0.15, 0.2) is 5.65 Å². The van der Waals surface area contributed by atoms with Crippen LogP contribution in [0.3, 0.4) is 0 Å². The van der Waals surface area contributed by atoms with Gasteiger partial charge in [0.05, 0.1) is 7.11 Å². The van der Waals surface area contributed by atoms with Gasteiger partial charge in [0.25, 0.3) is 5.56 Å². The first-order valence-electron chi connectivity index (χ1n) is 9.55. The molecule has 6 nitrogen and oxygen atoms in total. The lowest BCUT2D eigenvalue weighted by Gasteiger charge is -2.16. The van der Waals surface area contributed by atoms with Gasteiger partial charge in [0.2, 0.25) is 0 Å². The Morgan fingerprint density at radius 1 is 1.33 bits per heavy atom. The number of aromatic nitrogens is 3. The Balaban J connectivity index is 1.53. The van der Waals surface area contributed by atoms with Gasteiger partial charge in [-0.15, -0.1) is 0 Å². The summed E-state index contributed by atoms with van der Waals surface area (Å²) in [6, 6.07) is 10.3. The first kappa shape index (κ1) is 17.8. The van der Waals surface area contributed by atoms with Gasteiger partial charge in [-0.3, -0.25) is 14.8 Å². The maximum absolute atomic E-state index is 12.6. The van der Waals surface area contributed by atoms with E-state index in [2.05, 4.69) is 27.1 Å². The molecule has 27 heavy (non-hydrogen) atoms. The molecule has 0 bridgehead atoms. The van der Waals surface area contributed by atoms with E-state index >= 15 is 0 Å². The molecule has 3 heterocycles. The van der Waals surface area contributed by atoms with E-state index in [1.165, 1.54) is 5.56 Å². The summed E-state index contributed by atoms with van der Waals surface area (Å²) in [5, 5.41) is 3.31. The summed E-state index contributed by atoms with van der Waals surface area (Å²) in [5.74, 6) is 1.29. The summed E-state index contributed by atoms with van der Waals surface area (Å²) < 4.78 is 6.92. The molecule has 0 amide bonds. The van der Waals surface area contributed by atoms with E-state index in [0.29, 0.717) is 12.3 Å². The van der Waals surface area contributed by atoms with Crippen molar-refractivity contribution in [3.63, 3.8) is 0 Å². The van der Waals surface area contributed by atoms with Crippen LogP contribution in [0.5, 0.6) is 5.75 Å². The SMILES string of the molecule is CCc1c(C)nc2cc([C@H]3CCN(Cc4cccc(OC)c4)C3)[nH]n2c1=O. The molecule has 1 aromatic carbocycles. The van der Waals surface area contributed by atoms with E-state index in [4.69, 9.17) is 4.74 Å². The van der Waals surface area contributed by atoms with Gasteiger partial charge in [0.1, 0.15) is 5.75 Å². The van der Waals surface area contributed by atoms with Crippen LogP contribution < -0.4 is 10.3 Å². The minimum absolute atomic E-state index is 0.0254. The van der Waals surface area contributed by atoms with Crippen LogP contribution in [0.2, 0.25) is 0 Å². The minimum atomic E-state index is 0.0254. The number of nitrogens with one attached hydrogen (secondary N) is 1. The van der Waals surface area contributed by atoms with Gasteiger partial charge in [0, 0.05) is 42.0 Å². The number of nitrogens with zero attached hydrogens (tertiary/aromatic N) is 3. The summed E-state index contributed by atoms with van der Waals surface area (Å²) in [5.41, 5.74) is 4.72. The molecule has 0 aliphatic carbocycles. The number of fused-ring (bicyclic) bond motifs is 1. The maximum atomic E-state index is 12.6. The van der Waals surface area contributed by atoms with Crippen molar-refractivity contribution < 1.29 is 4.74 Å². The highest BCUT2D eigenvalue weighted by atomic mass is 16.5. The third-order valence-corrected chi connectivity index (χ3v) is 5.54. The highest BCUT2D eigenvalue weighted by molar-refractivity contribution is 5.42. The van der Waals surface area contributed by atoms with Crippen LogP contribution in [-0.2, 0) is 13.0 Å².